The Morgan fingerprint density at radius 3 is 2.25 bits per heavy atom. The maximum Gasteiger partial charge on any atom is 0.318 e. The molecular weight excluding hydrogens is 412 g/mol. The lowest BCUT2D eigenvalue weighted by molar-refractivity contribution is -0.0237. The van der Waals surface area contributed by atoms with Crippen LogP contribution < -0.4 is 29.6 Å². The summed E-state index contributed by atoms with van der Waals surface area (Å²) in [7, 11) is 4.73. The van der Waals surface area contributed by atoms with Gasteiger partial charge >= 0.3 is 6.03 Å². The van der Waals surface area contributed by atoms with Gasteiger partial charge in [0.25, 0.3) is 0 Å². The third-order valence-corrected chi connectivity index (χ3v) is 6.13. The number of ether oxygens (including phenoxy) is 4. The Morgan fingerprint density at radius 2 is 1.69 bits per heavy atom. The molecule has 32 heavy (non-hydrogen) atoms. The first-order valence-electron chi connectivity index (χ1n) is 10.5. The van der Waals surface area contributed by atoms with Crippen LogP contribution in [0.3, 0.4) is 0 Å². The first-order valence-corrected chi connectivity index (χ1v) is 10.5. The van der Waals surface area contributed by atoms with Crippen molar-refractivity contribution >= 4 is 6.03 Å². The SMILES string of the molecule is COc1cc(C2CC3(CC(C)(C)NC(=O)N3)Oc3cc(O)cc(C)c32)cc(OC)c1OC. The minimum Gasteiger partial charge on any atom is -0.508 e. The van der Waals surface area contributed by atoms with Crippen LogP contribution in [0, 0.1) is 6.92 Å². The van der Waals surface area contributed by atoms with E-state index in [1.165, 1.54) is 0 Å². The van der Waals surface area contributed by atoms with Crippen molar-refractivity contribution in [1.29, 1.82) is 0 Å². The van der Waals surface area contributed by atoms with Gasteiger partial charge in [0.2, 0.25) is 5.75 Å². The molecule has 2 unspecified atom stereocenters. The summed E-state index contributed by atoms with van der Waals surface area (Å²) in [4.78, 5) is 12.5. The topological polar surface area (TPSA) is 98.3 Å². The second kappa shape index (κ2) is 7.69. The Balaban J connectivity index is 1.91. The molecule has 2 amide bonds. The smallest absolute Gasteiger partial charge is 0.318 e. The molecule has 2 aromatic carbocycles. The summed E-state index contributed by atoms with van der Waals surface area (Å²) in [5.74, 6) is 2.12. The average Bonchev–Trinajstić information content (AvgIpc) is 2.69. The van der Waals surface area contributed by atoms with Crippen molar-refractivity contribution in [3.63, 3.8) is 0 Å². The number of carbonyl (C=O) groups is 1. The van der Waals surface area contributed by atoms with Crippen molar-refractivity contribution in [3.05, 3.63) is 41.0 Å². The molecule has 1 saturated heterocycles. The molecule has 0 aromatic heterocycles. The van der Waals surface area contributed by atoms with Crippen LogP contribution in [-0.4, -0.2) is 43.7 Å². The van der Waals surface area contributed by atoms with E-state index in [1.54, 1.807) is 33.5 Å². The monoisotopic (exact) mass is 442 g/mol. The van der Waals surface area contributed by atoms with E-state index >= 15 is 0 Å². The third kappa shape index (κ3) is 3.74. The molecule has 2 atom stereocenters. The Morgan fingerprint density at radius 1 is 1.03 bits per heavy atom. The van der Waals surface area contributed by atoms with Gasteiger partial charge in [-0.2, -0.15) is 0 Å². The fourth-order valence-electron chi connectivity index (χ4n) is 5.08. The number of rotatable bonds is 4. The van der Waals surface area contributed by atoms with Crippen molar-refractivity contribution < 1.29 is 28.8 Å². The number of methoxy groups -OCH3 is 3. The predicted octanol–water partition coefficient (Wildman–Crippen LogP) is 3.82. The average molecular weight is 443 g/mol. The van der Waals surface area contributed by atoms with Crippen LogP contribution in [0.15, 0.2) is 24.3 Å². The first kappa shape index (κ1) is 21.9. The van der Waals surface area contributed by atoms with E-state index in [2.05, 4.69) is 10.6 Å². The molecule has 8 nitrogen and oxygen atoms in total. The maximum absolute atomic E-state index is 12.5. The van der Waals surface area contributed by atoms with Crippen LogP contribution in [-0.2, 0) is 0 Å². The van der Waals surface area contributed by atoms with Crippen LogP contribution >= 0.6 is 0 Å². The summed E-state index contributed by atoms with van der Waals surface area (Å²) < 4.78 is 23.1. The van der Waals surface area contributed by atoms with Crippen LogP contribution in [0.2, 0.25) is 0 Å². The fourth-order valence-corrected chi connectivity index (χ4v) is 5.08. The number of hydrogen-bond donors (Lipinski definition) is 3. The number of urea groups is 1. The Bertz CT molecular complexity index is 1040. The van der Waals surface area contributed by atoms with Gasteiger partial charge in [-0.25, -0.2) is 4.79 Å². The lowest BCUT2D eigenvalue weighted by Crippen LogP contribution is -2.69. The second-order valence-electron chi connectivity index (χ2n) is 9.13. The molecule has 0 saturated carbocycles. The highest BCUT2D eigenvalue weighted by atomic mass is 16.5. The van der Waals surface area contributed by atoms with E-state index in [0.717, 1.165) is 16.7 Å². The number of phenolic OH excluding ortho intramolecular Hbond substituents is 1. The Kier molecular flexibility index (Phi) is 5.27. The van der Waals surface area contributed by atoms with Gasteiger partial charge in [-0.3, -0.25) is 0 Å². The normalized spacial score (nSPS) is 23.4. The lowest BCUT2D eigenvalue weighted by Gasteiger charge is -2.49. The van der Waals surface area contributed by atoms with Crippen molar-refractivity contribution in [3.8, 4) is 28.7 Å². The second-order valence-corrected chi connectivity index (χ2v) is 9.13. The molecule has 1 spiro atoms. The van der Waals surface area contributed by atoms with Crippen molar-refractivity contribution in [2.24, 2.45) is 0 Å². The molecule has 4 rings (SSSR count). The maximum atomic E-state index is 12.5. The zero-order chi connectivity index (χ0) is 23.3. The summed E-state index contributed by atoms with van der Waals surface area (Å²) in [6.07, 6.45) is 1.04. The number of nitrogens with one attached hydrogen (secondary N) is 2. The Labute approximate surface area is 187 Å². The number of phenols is 1. The molecule has 0 bridgehead atoms. The van der Waals surface area contributed by atoms with E-state index in [4.69, 9.17) is 18.9 Å². The van der Waals surface area contributed by atoms with E-state index in [9.17, 15) is 9.90 Å². The van der Waals surface area contributed by atoms with Gasteiger partial charge in [-0.05, 0) is 50.1 Å². The van der Waals surface area contributed by atoms with Crippen LogP contribution in [0.1, 0.15) is 49.3 Å². The molecule has 2 heterocycles. The van der Waals surface area contributed by atoms with Crippen molar-refractivity contribution in [1.82, 2.24) is 10.6 Å². The summed E-state index contributed by atoms with van der Waals surface area (Å²) in [5.41, 5.74) is 1.37. The lowest BCUT2D eigenvalue weighted by atomic mass is 9.76. The summed E-state index contributed by atoms with van der Waals surface area (Å²) in [6.45, 7) is 5.87. The highest BCUT2D eigenvalue weighted by Crippen LogP contribution is 2.51. The van der Waals surface area contributed by atoms with Gasteiger partial charge in [0.05, 0.1) is 21.3 Å². The standard InChI is InChI=1S/C24H30N2O6/c1-13-7-15(27)10-17-20(13)16(11-24(32-17)12-23(2,3)25-22(28)26-24)14-8-18(29-4)21(31-6)19(9-14)30-5/h7-10,16,27H,11-12H2,1-6H3,(H2,25,26,28). The zero-order valence-corrected chi connectivity index (χ0v) is 19.3. The van der Waals surface area contributed by atoms with E-state index in [0.29, 0.717) is 35.8 Å². The van der Waals surface area contributed by atoms with Crippen LogP contribution in [0.5, 0.6) is 28.7 Å². The first-order chi connectivity index (χ1) is 15.1. The number of carbonyl (C=O) groups excluding carboxylic acids is 1. The highest BCUT2D eigenvalue weighted by molar-refractivity contribution is 5.77. The molecular formula is C24H30N2O6. The number of amides is 2. The van der Waals surface area contributed by atoms with E-state index in [1.807, 2.05) is 32.9 Å². The molecule has 0 radical (unpaired) electrons. The van der Waals surface area contributed by atoms with E-state index < -0.39 is 11.3 Å². The fraction of sp³-hybridized carbons (Fsp3) is 0.458. The minimum atomic E-state index is -0.940. The number of benzene rings is 2. The molecule has 1 fully saturated rings. The predicted molar refractivity (Wildman–Crippen MR) is 119 cm³/mol. The highest BCUT2D eigenvalue weighted by Gasteiger charge is 2.50. The van der Waals surface area contributed by atoms with Crippen molar-refractivity contribution in [2.45, 2.75) is 50.8 Å². The molecule has 2 aromatic rings. The summed E-state index contributed by atoms with van der Waals surface area (Å²) in [6, 6.07) is 6.89. The summed E-state index contributed by atoms with van der Waals surface area (Å²) in [5, 5.41) is 16.2. The molecule has 2 aliphatic heterocycles. The number of aryl methyl sites for hydroxylation is 1. The third-order valence-electron chi connectivity index (χ3n) is 6.13. The van der Waals surface area contributed by atoms with Gasteiger partial charge in [0.15, 0.2) is 17.2 Å². The molecule has 172 valence electrons. The minimum absolute atomic E-state index is 0.112. The van der Waals surface area contributed by atoms with Gasteiger partial charge in [-0.1, -0.05) is 0 Å². The number of hydrogen-bond acceptors (Lipinski definition) is 6. The number of aromatic hydroxyl groups is 1. The molecule has 2 aliphatic rings. The summed E-state index contributed by atoms with van der Waals surface area (Å²) >= 11 is 0. The molecule has 3 N–H and O–H groups in total. The van der Waals surface area contributed by atoms with Gasteiger partial charge in [0, 0.05) is 35.9 Å². The van der Waals surface area contributed by atoms with Gasteiger partial charge < -0.3 is 34.7 Å². The van der Waals surface area contributed by atoms with E-state index in [-0.39, 0.29) is 17.7 Å². The zero-order valence-electron chi connectivity index (χ0n) is 19.3. The van der Waals surface area contributed by atoms with Crippen LogP contribution in [0.25, 0.3) is 0 Å². The largest absolute Gasteiger partial charge is 0.508 e. The van der Waals surface area contributed by atoms with Gasteiger partial charge in [0.1, 0.15) is 11.5 Å². The quantitative estimate of drug-likeness (QED) is 0.666. The number of fused-ring (bicyclic) bond motifs is 1. The van der Waals surface area contributed by atoms with Gasteiger partial charge in [-0.15, -0.1) is 0 Å². The molecule has 0 aliphatic carbocycles. The Hall–Kier alpha value is -3.29. The van der Waals surface area contributed by atoms with Crippen molar-refractivity contribution in [2.75, 3.05) is 21.3 Å². The molecule has 8 heteroatoms. The van der Waals surface area contributed by atoms with Crippen LogP contribution in [0.4, 0.5) is 4.79 Å².